The van der Waals surface area contributed by atoms with Crippen LogP contribution >= 0.6 is 0 Å². The number of benzene rings is 1. The van der Waals surface area contributed by atoms with Gasteiger partial charge in [-0.25, -0.2) is 17.5 Å². The van der Waals surface area contributed by atoms with Crippen LogP contribution in [0.1, 0.15) is 18.4 Å². The second-order valence-corrected chi connectivity index (χ2v) is 5.96. The highest BCUT2D eigenvalue weighted by atomic mass is 32.2. The molecule has 0 saturated carbocycles. The quantitative estimate of drug-likeness (QED) is 0.588. The Bertz CT molecular complexity index is 532. The maximum atomic E-state index is 13.5. The molecule has 0 unspecified atom stereocenters. The van der Waals surface area contributed by atoms with Crippen LogP contribution in [0, 0.1) is 12.7 Å². The molecule has 0 aliphatic carbocycles. The predicted octanol–water partition coefficient (Wildman–Crippen LogP) is 1.42. The van der Waals surface area contributed by atoms with E-state index in [1.54, 1.807) is 7.11 Å². The number of nitrogens with one attached hydrogen (secondary N) is 1. The monoisotopic (exact) mass is 290 g/mol. The predicted molar refractivity (Wildman–Crippen MR) is 71.8 cm³/mol. The number of sulfonamides is 1. The molecule has 1 aromatic carbocycles. The number of halogens is 1. The summed E-state index contributed by atoms with van der Waals surface area (Å²) in [6.45, 7) is 2.27. The van der Waals surface area contributed by atoms with Gasteiger partial charge in [-0.1, -0.05) is 0 Å². The molecule has 0 atom stereocenters. The molecule has 19 heavy (non-hydrogen) atoms. The van der Waals surface area contributed by atoms with Gasteiger partial charge in [-0.05, 0) is 31.9 Å². The molecule has 3 N–H and O–H groups in total. The van der Waals surface area contributed by atoms with Crippen LogP contribution in [-0.4, -0.2) is 28.7 Å². The molecule has 0 amide bonds. The van der Waals surface area contributed by atoms with Crippen LogP contribution in [0.5, 0.6) is 0 Å². The first-order chi connectivity index (χ1) is 8.88. The van der Waals surface area contributed by atoms with Crippen LogP contribution in [-0.2, 0) is 14.8 Å². The Kier molecular flexibility index (Phi) is 5.71. The minimum absolute atomic E-state index is 0.0681. The molecule has 1 rings (SSSR count). The van der Waals surface area contributed by atoms with Gasteiger partial charge in [0.05, 0.1) is 4.90 Å². The summed E-state index contributed by atoms with van der Waals surface area (Å²) >= 11 is 0. The van der Waals surface area contributed by atoms with Crippen molar-refractivity contribution in [2.75, 3.05) is 26.0 Å². The zero-order valence-electron chi connectivity index (χ0n) is 11.1. The maximum Gasteiger partial charge on any atom is 0.241 e. The van der Waals surface area contributed by atoms with Crippen LogP contribution in [0.25, 0.3) is 0 Å². The standard InChI is InChI=1S/C12H19FN2O3S/c1-9-11(13)7-10(14)8-12(9)19(16,17)15-5-3-4-6-18-2/h7-8,15H,3-6,14H2,1-2H3. The van der Waals surface area contributed by atoms with Gasteiger partial charge < -0.3 is 10.5 Å². The van der Waals surface area contributed by atoms with Crippen LogP contribution in [0.3, 0.4) is 0 Å². The lowest BCUT2D eigenvalue weighted by molar-refractivity contribution is 0.193. The molecule has 0 aromatic heterocycles. The van der Waals surface area contributed by atoms with E-state index in [-0.39, 0.29) is 22.7 Å². The van der Waals surface area contributed by atoms with Gasteiger partial charge in [0.25, 0.3) is 0 Å². The van der Waals surface area contributed by atoms with Crippen LogP contribution < -0.4 is 10.5 Å². The third-order valence-corrected chi connectivity index (χ3v) is 4.26. The molecule has 1 aromatic rings. The molecule has 7 heteroatoms. The van der Waals surface area contributed by atoms with Crippen molar-refractivity contribution >= 4 is 15.7 Å². The fourth-order valence-electron chi connectivity index (χ4n) is 1.61. The summed E-state index contributed by atoms with van der Waals surface area (Å²) in [4.78, 5) is -0.114. The molecular formula is C12H19FN2O3S. The van der Waals surface area contributed by atoms with E-state index in [1.807, 2.05) is 0 Å². The van der Waals surface area contributed by atoms with Crippen LogP contribution in [0.15, 0.2) is 17.0 Å². The van der Waals surface area contributed by atoms with Gasteiger partial charge in [0.2, 0.25) is 10.0 Å². The topological polar surface area (TPSA) is 81.4 Å². The second-order valence-electron chi connectivity index (χ2n) is 4.22. The summed E-state index contributed by atoms with van der Waals surface area (Å²) in [5.74, 6) is -0.625. The Balaban J connectivity index is 2.78. The first kappa shape index (κ1) is 15.9. The minimum Gasteiger partial charge on any atom is -0.399 e. The van der Waals surface area contributed by atoms with E-state index in [0.717, 1.165) is 12.5 Å². The van der Waals surface area contributed by atoms with Gasteiger partial charge in [-0.3, -0.25) is 0 Å². The highest BCUT2D eigenvalue weighted by Gasteiger charge is 2.19. The molecule has 0 bridgehead atoms. The summed E-state index contributed by atoms with van der Waals surface area (Å²) < 4.78 is 44.8. The normalized spacial score (nSPS) is 11.7. The van der Waals surface area contributed by atoms with E-state index in [4.69, 9.17) is 10.5 Å². The Morgan fingerprint density at radius 3 is 2.68 bits per heavy atom. The smallest absolute Gasteiger partial charge is 0.241 e. The van der Waals surface area contributed by atoms with Gasteiger partial charge in [-0.15, -0.1) is 0 Å². The number of rotatable bonds is 7. The van der Waals surface area contributed by atoms with E-state index < -0.39 is 15.8 Å². The second kappa shape index (κ2) is 6.83. The van der Waals surface area contributed by atoms with E-state index in [0.29, 0.717) is 13.0 Å². The molecular weight excluding hydrogens is 271 g/mol. The largest absolute Gasteiger partial charge is 0.399 e. The van der Waals surface area contributed by atoms with Crippen molar-refractivity contribution in [2.45, 2.75) is 24.7 Å². The zero-order valence-corrected chi connectivity index (χ0v) is 11.9. The average Bonchev–Trinajstić information content (AvgIpc) is 2.33. The first-order valence-corrected chi connectivity index (χ1v) is 7.41. The maximum absolute atomic E-state index is 13.5. The molecule has 0 aliphatic rings. The third kappa shape index (κ3) is 4.45. The van der Waals surface area contributed by atoms with Crippen molar-refractivity contribution in [2.24, 2.45) is 0 Å². The zero-order chi connectivity index (χ0) is 14.5. The van der Waals surface area contributed by atoms with Crippen molar-refractivity contribution in [3.05, 3.63) is 23.5 Å². The summed E-state index contributed by atoms with van der Waals surface area (Å²) in [7, 11) is -2.15. The van der Waals surface area contributed by atoms with Gasteiger partial charge in [0, 0.05) is 31.5 Å². The van der Waals surface area contributed by atoms with Crippen molar-refractivity contribution in [3.63, 3.8) is 0 Å². The van der Waals surface area contributed by atoms with Crippen molar-refractivity contribution in [1.82, 2.24) is 4.72 Å². The number of nitrogen functional groups attached to an aromatic ring is 1. The minimum atomic E-state index is -3.73. The molecule has 0 heterocycles. The highest BCUT2D eigenvalue weighted by Crippen LogP contribution is 2.21. The summed E-state index contributed by atoms with van der Waals surface area (Å²) in [5.41, 5.74) is 5.62. The molecule has 5 nitrogen and oxygen atoms in total. The van der Waals surface area contributed by atoms with E-state index in [2.05, 4.69) is 4.72 Å². The molecule has 0 aliphatic heterocycles. The van der Waals surface area contributed by atoms with Crippen molar-refractivity contribution in [3.8, 4) is 0 Å². The summed E-state index contributed by atoms with van der Waals surface area (Å²) in [6.07, 6.45) is 1.40. The molecule has 0 fully saturated rings. The average molecular weight is 290 g/mol. The van der Waals surface area contributed by atoms with Crippen LogP contribution in [0.2, 0.25) is 0 Å². The number of unbranched alkanes of at least 4 members (excludes halogenated alkanes) is 1. The SMILES string of the molecule is COCCCCNS(=O)(=O)c1cc(N)cc(F)c1C. The number of hydrogen-bond donors (Lipinski definition) is 2. The number of methoxy groups -OCH3 is 1. The van der Waals surface area contributed by atoms with Crippen molar-refractivity contribution in [1.29, 1.82) is 0 Å². The van der Waals surface area contributed by atoms with E-state index in [1.165, 1.54) is 13.0 Å². The lowest BCUT2D eigenvalue weighted by Crippen LogP contribution is -2.26. The Morgan fingerprint density at radius 1 is 1.37 bits per heavy atom. The summed E-state index contributed by atoms with van der Waals surface area (Å²) in [6, 6.07) is 2.36. The molecule has 0 spiro atoms. The van der Waals surface area contributed by atoms with E-state index >= 15 is 0 Å². The lowest BCUT2D eigenvalue weighted by Gasteiger charge is -2.10. The Labute approximate surface area is 113 Å². The Hall–Kier alpha value is -1.18. The lowest BCUT2D eigenvalue weighted by atomic mass is 10.2. The third-order valence-electron chi connectivity index (χ3n) is 2.68. The molecule has 0 saturated heterocycles. The fraction of sp³-hybridized carbons (Fsp3) is 0.500. The Morgan fingerprint density at radius 2 is 2.05 bits per heavy atom. The van der Waals surface area contributed by atoms with E-state index in [9.17, 15) is 12.8 Å². The van der Waals surface area contributed by atoms with Gasteiger partial charge in [-0.2, -0.15) is 0 Å². The number of ether oxygens (including phenoxy) is 1. The molecule has 108 valence electrons. The van der Waals surface area contributed by atoms with Gasteiger partial charge in [0.1, 0.15) is 5.82 Å². The molecule has 0 radical (unpaired) electrons. The highest BCUT2D eigenvalue weighted by molar-refractivity contribution is 7.89. The van der Waals surface area contributed by atoms with Crippen molar-refractivity contribution < 1.29 is 17.5 Å². The number of anilines is 1. The number of nitrogens with two attached hydrogens (primary N) is 1. The van der Waals surface area contributed by atoms with Gasteiger partial charge >= 0.3 is 0 Å². The van der Waals surface area contributed by atoms with Crippen LogP contribution in [0.4, 0.5) is 10.1 Å². The fourth-order valence-corrected chi connectivity index (χ4v) is 2.97. The van der Waals surface area contributed by atoms with Gasteiger partial charge in [0.15, 0.2) is 0 Å². The first-order valence-electron chi connectivity index (χ1n) is 5.92. The number of hydrogen-bond acceptors (Lipinski definition) is 4. The summed E-state index contributed by atoms with van der Waals surface area (Å²) in [5, 5.41) is 0.